The van der Waals surface area contributed by atoms with E-state index in [1.54, 1.807) is 16.4 Å². The van der Waals surface area contributed by atoms with Crippen molar-refractivity contribution >= 4 is 15.9 Å². The molecule has 0 radical (unpaired) electrons. The highest BCUT2D eigenvalue weighted by molar-refractivity contribution is 7.89. The van der Waals surface area contributed by atoms with E-state index in [0.29, 0.717) is 42.2 Å². The average molecular weight is 432 g/mol. The SMILES string of the molecule is CC(C)c1ccc(S(=O)(=O)N2CCCC(CC(=O)NN3CC4C=CCC4C3)C2)cc1. The van der Waals surface area contributed by atoms with Crippen LogP contribution in [0.25, 0.3) is 0 Å². The molecule has 1 aliphatic carbocycles. The van der Waals surface area contributed by atoms with Gasteiger partial charge in [0.15, 0.2) is 0 Å². The van der Waals surface area contributed by atoms with Crippen molar-refractivity contribution in [1.82, 2.24) is 14.7 Å². The number of benzene rings is 1. The largest absolute Gasteiger partial charge is 0.289 e. The standard InChI is InChI=1S/C23H33N3O3S/c1-17(2)19-8-10-22(11-9-19)30(28,29)26-12-4-5-18(14-26)13-23(27)24-25-15-20-6-3-7-21(20)16-25/h3,6,8-11,17-18,20-21H,4-5,7,12-16H2,1-2H3,(H,24,27). The van der Waals surface area contributed by atoms with Gasteiger partial charge in [0.05, 0.1) is 4.90 Å². The summed E-state index contributed by atoms with van der Waals surface area (Å²) in [6, 6.07) is 7.21. The Hall–Kier alpha value is -1.70. The molecule has 4 rings (SSSR count). The molecule has 0 spiro atoms. The molecule has 7 heteroatoms. The molecule has 2 fully saturated rings. The Morgan fingerprint density at radius 3 is 2.63 bits per heavy atom. The summed E-state index contributed by atoms with van der Waals surface area (Å²) in [4.78, 5) is 12.9. The minimum atomic E-state index is -3.52. The second kappa shape index (κ2) is 8.81. The number of allylic oxidation sites excluding steroid dienone is 1. The second-order valence-corrected chi connectivity index (χ2v) is 11.3. The lowest BCUT2D eigenvalue weighted by Crippen LogP contribution is -2.44. The van der Waals surface area contributed by atoms with E-state index in [0.717, 1.165) is 37.9 Å². The fourth-order valence-electron chi connectivity index (χ4n) is 4.95. The summed E-state index contributed by atoms with van der Waals surface area (Å²) in [6.45, 7) is 6.90. The van der Waals surface area contributed by atoms with Crippen LogP contribution in [0.15, 0.2) is 41.3 Å². The number of amides is 1. The van der Waals surface area contributed by atoms with Crippen LogP contribution in [0.4, 0.5) is 0 Å². The van der Waals surface area contributed by atoms with Crippen LogP contribution in [0.5, 0.6) is 0 Å². The van der Waals surface area contributed by atoms with Gasteiger partial charge in [0.1, 0.15) is 0 Å². The first kappa shape index (κ1) is 21.5. The van der Waals surface area contributed by atoms with E-state index in [9.17, 15) is 13.2 Å². The lowest BCUT2D eigenvalue weighted by molar-refractivity contribution is -0.126. The van der Waals surface area contributed by atoms with Gasteiger partial charge in [0.2, 0.25) is 15.9 Å². The zero-order valence-corrected chi connectivity index (χ0v) is 18.8. The first-order valence-electron chi connectivity index (χ1n) is 11.1. The van der Waals surface area contributed by atoms with Crippen molar-refractivity contribution in [1.29, 1.82) is 0 Å². The third-order valence-electron chi connectivity index (χ3n) is 6.74. The van der Waals surface area contributed by atoms with Crippen LogP contribution in [0.2, 0.25) is 0 Å². The monoisotopic (exact) mass is 431 g/mol. The smallest absolute Gasteiger partial charge is 0.243 e. The molecule has 1 aromatic carbocycles. The lowest BCUT2D eigenvalue weighted by Gasteiger charge is -2.32. The number of rotatable bonds is 6. The molecule has 3 unspecified atom stereocenters. The Balaban J connectivity index is 1.33. The zero-order valence-electron chi connectivity index (χ0n) is 18.0. The molecule has 30 heavy (non-hydrogen) atoms. The van der Waals surface area contributed by atoms with Crippen LogP contribution in [-0.2, 0) is 14.8 Å². The first-order chi connectivity index (χ1) is 14.3. The number of piperidine rings is 1. The van der Waals surface area contributed by atoms with Crippen LogP contribution in [-0.4, -0.2) is 49.8 Å². The van der Waals surface area contributed by atoms with Crippen LogP contribution in [0.1, 0.15) is 51.0 Å². The summed E-state index contributed by atoms with van der Waals surface area (Å²) >= 11 is 0. The molecule has 3 atom stereocenters. The van der Waals surface area contributed by atoms with Gasteiger partial charge in [-0.25, -0.2) is 13.4 Å². The molecule has 2 aliphatic heterocycles. The summed E-state index contributed by atoms with van der Waals surface area (Å²) in [5, 5.41) is 2.04. The van der Waals surface area contributed by atoms with Gasteiger partial charge in [-0.1, -0.05) is 38.1 Å². The maximum atomic E-state index is 13.1. The summed E-state index contributed by atoms with van der Waals surface area (Å²) in [5.41, 5.74) is 4.18. The first-order valence-corrected chi connectivity index (χ1v) is 12.6. The Kier molecular flexibility index (Phi) is 6.32. The Labute approximate surface area is 180 Å². The van der Waals surface area contributed by atoms with E-state index in [2.05, 4.69) is 31.4 Å². The fraction of sp³-hybridized carbons (Fsp3) is 0.609. The van der Waals surface area contributed by atoms with Crippen molar-refractivity contribution in [3.05, 3.63) is 42.0 Å². The molecule has 2 saturated heterocycles. The van der Waals surface area contributed by atoms with Gasteiger partial charge in [-0.05, 0) is 60.6 Å². The van der Waals surface area contributed by atoms with Crippen molar-refractivity contribution in [3.8, 4) is 0 Å². The van der Waals surface area contributed by atoms with Crippen molar-refractivity contribution in [2.75, 3.05) is 26.2 Å². The van der Waals surface area contributed by atoms with Gasteiger partial charge in [-0.2, -0.15) is 4.31 Å². The number of sulfonamides is 1. The minimum absolute atomic E-state index is 0.00415. The molecule has 3 aliphatic rings. The molecule has 164 valence electrons. The molecule has 0 aromatic heterocycles. The third kappa shape index (κ3) is 4.63. The molecule has 1 amide bonds. The molecule has 1 N–H and O–H groups in total. The number of hydrazine groups is 1. The maximum Gasteiger partial charge on any atom is 0.243 e. The van der Waals surface area contributed by atoms with Crippen molar-refractivity contribution in [2.45, 2.75) is 50.3 Å². The van der Waals surface area contributed by atoms with E-state index < -0.39 is 10.0 Å². The van der Waals surface area contributed by atoms with Gasteiger partial charge in [-0.15, -0.1) is 0 Å². The highest BCUT2D eigenvalue weighted by atomic mass is 32.2. The minimum Gasteiger partial charge on any atom is -0.289 e. The number of hydrogen-bond donors (Lipinski definition) is 1. The van der Waals surface area contributed by atoms with Crippen molar-refractivity contribution in [2.24, 2.45) is 17.8 Å². The van der Waals surface area contributed by atoms with Gasteiger partial charge in [0, 0.05) is 32.6 Å². The van der Waals surface area contributed by atoms with E-state index >= 15 is 0 Å². The molecule has 0 bridgehead atoms. The summed E-state index contributed by atoms with van der Waals surface area (Å²) < 4.78 is 27.8. The van der Waals surface area contributed by atoms with Gasteiger partial charge in [0.25, 0.3) is 0 Å². The number of carbonyl (C=O) groups is 1. The predicted molar refractivity (Wildman–Crippen MR) is 117 cm³/mol. The Bertz CT molecular complexity index is 895. The second-order valence-electron chi connectivity index (χ2n) is 9.33. The van der Waals surface area contributed by atoms with E-state index in [4.69, 9.17) is 0 Å². The topological polar surface area (TPSA) is 69.7 Å². The summed E-state index contributed by atoms with van der Waals surface area (Å²) in [5.74, 6) is 1.62. The van der Waals surface area contributed by atoms with Gasteiger partial charge in [-0.3, -0.25) is 10.2 Å². The van der Waals surface area contributed by atoms with E-state index in [1.807, 2.05) is 17.1 Å². The fourth-order valence-corrected chi connectivity index (χ4v) is 6.51. The number of fused-ring (bicyclic) bond motifs is 1. The molecule has 0 saturated carbocycles. The molecule has 1 aromatic rings. The van der Waals surface area contributed by atoms with Crippen LogP contribution in [0.3, 0.4) is 0 Å². The van der Waals surface area contributed by atoms with Crippen LogP contribution >= 0.6 is 0 Å². The van der Waals surface area contributed by atoms with E-state index in [-0.39, 0.29) is 11.8 Å². The zero-order chi connectivity index (χ0) is 21.3. The maximum absolute atomic E-state index is 13.1. The average Bonchev–Trinajstić information content (AvgIpc) is 3.30. The van der Waals surface area contributed by atoms with Crippen molar-refractivity contribution in [3.63, 3.8) is 0 Å². The molecular formula is C23H33N3O3S. The highest BCUT2D eigenvalue weighted by Crippen LogP contribution is 2.32. The predicted octanol–water partition coefficient (Wildman–Crippen LogP) is 3.14. The molecular weight excluding hydrogens is 398 g/mol. The third-order valence-corrected chi connectivity index (χ3v) is 8.62. The number of carbonyl (C=O) groups excluding carboxylic acids is 1. The van der Waals surface area contributed by atoms with Gasteiger partial charge >= 0.3 is 0 Å². The molecule has 6 nitrogen and oxygen atoms in total. The number of nitrogens with one attached hydrogen (secondary N) is 1. The van der Waals surface area contributed by atoms with Gasteiger partial charge < -0.3 is 0 Å². The Morgan fingerprint density at radius 1 is 1.17 bits per heavy atom. The number of nitrogens with zero attached hydrogens (tertiary/aromatic N) is 2. The lowest BCUT2D eigenvalue weighted by atomic mass is 9.96. The van der Waals surface area contributed by atoms with Crippen LogP contribution in [0, 0.1) is 17.8 Å². The normalized spacial score (nSPS) is 27.5. The molecule has 2 heterocycles. The van der Waals surface area contributed by atoms with Crippen molar-refractivity contribution < 1.29 is 13.2 Å². The summed E-state index contributed by atoms with van der Waals surface area (Å²) in [6.07, 6.45) is 7.65. The number of hydrogen-bond acceptors (Lipinski definition) is 4. The van der Waals surface area contributed by atoms with E-state index in [1.165, 1.54) is 0 Å². The van der Waals surface area contributed by atoms with Crippen LogP contribution < -0.4 is 5.43 Å². The quantitative estimate of drug-likeness (QED) is 0.703. The Morgan fingerprint density at radius 2 is 1.93 bits per heavy atom. The summed E-state index contributed by atoms with van der Waals surface area (Å²) in [7, 11) is -3.52. The highest BCUT2D eigenvalue weighted by Gasteiger charge is 2.35.